The number of benzene rings is 5. The first-order valence-electron chi connectivity index (χ1n) is 13.7. The van der Waals surface area contributed by atoms with Crippen molar-refractivity contribution in [2.45, 2.75) is 0 Å². The highest BCUT2D eigenvalue weighted by Gasteiger charge is 2.14. The van der Waals surface area contributed by atoms with Crippen LogP contribution in [0.1, 0.15) is 0 Å². The molecule has 0 spiro atoms. The zero-order valence-corrected chi connectivity index (χ0v) is 27.3. The van der Waals surface area contributed by atoms with Crippen LogP contribution in [-0.4, -0.2) is 47.1 Å². The van der Waals surface area contributed by atoms with E-state index in [1.54, 1.807) is 12.1 Å². The Balaban J connectivity index is 0.00000154. The van der Waals surface area contributed by atoms with Gasteiger partial charge in [0, 0.05) is 39.5 Å². The number of halogens is 2. The van der Waals surface area contributed by atoms with E-state index in [1.807, 2.05) is 109 Å². The third-order valence-electron chi connectivity index (χ3n) is 7.28. The second-order valence-electron chi connectivity index (χ2n) is 10.1. The van der Waals surface area contributed by atoms with Gasteiger partial charge in [0.25, 0.3) is 0 Å². The van der Waals surface area contributed by atoms with Gasteiger partial charge in [-0.1, -0.05) is 72.8 Å². The molecule has 0 radical (unpaired) electrons. The largest absolute Gasteiger partial charge is 0.412 e. The van der Waals surface area contributed by atoms with Crippen LogP contribution >= 0.6 is 24.8 Å². The smallest absolute Gasteiger partial charge is 0.234 e. The number of nitrogens with zero attached hydrogens (tertiary/aromatic N) is 2. The van der Waals surface area contributed by atoms with E-state index in [4.69, 9.17) is 9.97 Å². The summed E-state index contributed by atoms with van der Waals surface area (Å²) in [4.78, 5) is 9.52. The Hall–Kier alpha value is -4.75. The van der Waals surface area contributed by atoms with Crippen molar-refractivity contribution in [3.8, 4) is 0 Å². The van der Waals surface area contributed by atoms with Gasteiger partial charge in [0.15, 0.2) is 0 Å². The van der Waals surface area contributed by atoms with Gasteiger partial charge in [-0.15, -0.1) is 24.8 Å². The highest BCUT2D eigenvalue weighted by molar-refractivity contribution is 7.92. The molecule has 10 nitrogen and oxygen atoms in total. The van der Waals surface area contributed by atoms with E-state index in [9.17, 15) is 8.42 Å². The lowest BCUT2D eigenvalue weighted by molar-refractivity contribution is 0.601. The predicted molar refractivity (Wildman–Crippen MR) is 199 cm³/mol. The Morgan fingerprint density at radius 3 is 1.28 bits per heavy atom. The zero-order chi connectivity index (χ0) is 28.5. The molecule has 2 heterocycles. The lowest BCUT2D eigenvalue weighted by atomic mass is 10.1. The van der Waals surface area contributed by atoms with Gasteiger partial charge in [0.2, 0.25) is 10.0 Å². The topological polar surface area (TPSA) is 191 Å². The molecule has 0 aliphatic heterocycles. The first-order chi connectivity index (χ1) is 20.5. The molecule has 246 valence electrons. The molecule has 0 fully saturated rings. The van der Waals surface area contributed by atoms with Gasteiger partial charge in [0.1, 0.15) is 0 Å². The van der Waals surface area contributed by atoms with Gasteiger partial charge in [0.05, 0.1) is 39.2 Å². The van der Waals surface area contributed by atoms with Crippen molar-refractivity contribution >= 4 is 101 Å². The number of para-hydroxylation sites is 4. The number of anilines is 4. The number of hydrogen-bond donors (Lipinski definition) is 3. The predicted octanol–water partition coefficient (Wildman–Crippen LogP) is 6.06. The van der Waals surface area contributed by atoms with Crippen LogP contribution in [-0.2, 0) is 10.0 Å². The Labute approximate surface area is 284 Å². The van der Waals surface area contributed by atoms with E-state index in [-0.39, 0.29) is 53.5 Å². The maximum absolute atomic E-state index is 13.0. The molecule has 47 heavy (non-hydrogen) atoms. The molecule has 0 saturated carbocycles. The maximum Gasteiger partial charge on any atom is 0.234 e. The van der Waals surface area contributed by atoms with Crippen molar-refractivity contribution < 1.29 is 24.8 Å². The third kappa shape index (κ3) is 7.98. The van der Waals surface area contributed by atoms with Crippen LogP contribution in [0.5, 0.6) is 0 Å². The molecule has 2 aromatic heterocycles. The first kappa shape index (κ1) is 38.4. The van der Waals surface area contributed by atoms with Crippen LogP contribution in [0.15, 0.2) is 121 Å². The molecule has 0 unspecified atom stereocenters. The normalized spacial score (nSPS) is 10.5. The summed E-state index contributed by atoms with van der Waals surface area (Å²) < 4.78 is 28.7. The van der Waals surface area contributed by atoms with E-state index in [0.29, 0.717) is 5.69 Å². The minimum Gasteiger partial charge on any atom is -0.412 e. The van der Waals surface area contributed by atoms with Crippen molar-refractivity contribution in [2.75, 3.05) is 27.7 Å². The summed E-state index contributed by atoms with van der Waals surface area (Å²) in [6.45, 7) is 0.245. The van der Waals surface area contributed by atoms with Crippen LogP contribution in [0, 0.1) is 0 Å². The van der Waals surface area contributed by atoms with Crippen LogP contribution < -0.4 is 15.4 Å². The number of sulfonamides is 1. The monoisotopic (exact) mass is 695 g/mol. The van der Waals surface area contributed by atoms with Gasteiger partial charge in [-0.2, -0.15) is 0 Å². The maximum atomic E-state index is 13.0. The van der Waals surface area contributed by atoms with Gasteiger partial charge in [-0.05, 0) is 48.5 Å². The van der Waals surface area contributed by atoms with Crippen molar-refractivity contribution in [1.29, 1.82) is 0 Å². The quantitative estimate of drug-likeness (QED) is 0.162. The molecular formula is C34H35Cl2N5O5S. The fourth-order valence-electron chi connectivity index (χ4n) is 5.31. The summed E-state index contributed by atoms with van der Waals surface area (Å²) >= 11 is 0. The van der Waals surface area contributed by atoms with E-state index in [2.05, 4.69) is 15.4 Å². The number of rotatable bonds is 8. The summed E-state index contributed by atoms with van der Waals surface area (Å²) in [5.74, 6) is -0.0903. The van der Waals surface area contributed by atoms with Crippen LogP contribution in [0.2, 0.25) is 0 Å². The van der Waals surface area contributed by atoms with Crippen molar-refractivity contribution in [2.24, 2.45) is 0 Å². The highest BCUT2D eigenvalue weighted by Crippen LogP contribution is 2.33. The average molecular weight is 697 g/mol. The Morgan fingerprint density at radius 2 is 0.851 bits per heavy atom. The lowest BCUT2D eigenvalue weighted by Gasteiger charge is -2.15. The van der Waals surface area contributed by atoms with Crippen LogP contribution in [0.3, 0.4) is 0 Å². The SMILES string of the molecule is Cl.Cl.O.O.O.O=S(=O)(CCNc1c2ccccc2nc2ccccc12)Nc1ccc(Nc2c3ccccc3nc3ccccc23)cc1. The van der Waals surface area contributed by atoms with E-state index in [0.717, 1.165) is 60.7 Å². The van der Waals surface area contributed by atoms with E-state index < -0.39 is 10.0 Å². The standard InChI is InChI=1S/C34H27N5O2S.2ClH.3H2O/c40-42(41,22-21-35-33-25-9-1-5-13-29(25)37-30-14-6-2-10-26(30)33)39-24-19-17-23(18-20-24)36-34-27-11-3-7-15-31(27)38-32-16-8-4-12-28(32)34;;;;;/h1-20,39H,21-22H2,(H,35,37)(H,36,38);2*1H;3*1H2. The molecule has 0 saturated heterocycles. The Kier molecular flexibility index (Phi) is 13.2. The number of aromatic nitrogens is 2. The minimum atomic E-state index is -3.60. The third-order valence-corrected chi connectivity index (χ3v) is 8.56. The molecule has 0 atom stereocenters. The van der Waals surface area contributed by atoms with Gasteiger partial charge in [-0.3, -0.25) is 4.72 Å². The van der Waals surface area contributed by atoms with Crippen molar-refractivity contribution in [3.05, 3.63) is 121 Å². The molecule has 5 aromatic carbocycles. The lowest BCUT2D eigenvalue weighted by Crippen LogP contribution is -2.22. The van der Waals surface area contributed by atoms with Crippen molar-refractivity contribution in [1.82, 2.24) is 9.97 Å². The number of fused-ring (bicyclic) bond motifs is 4. The molecule has 0 aliphatic carbocycles. The van der Waals surface area contributed by atoms with Crippen LogP contribution in [0.25, 0.3) is 43.6 Å². The molecule has 7 rings (SSSR count). The number of nitrogens with one attached hydrogen (secondary N) is 3. The minimum absolute atomic E-state index is 0. The molecule has 0 bridgehead atoms. The molecule has 9 N–H and O–H groups in total. The second-order valence-corrected chi connectivity index (χ2v) is 11.9. The Bertz CT molecular complexity index is 2110. The molecule has 7 aromatic rings. The number of pyridine rings is 2. The summed E-state index contributed by atoms with van der Waals surface area (Å²) in [7, 11) is -3.60. The summed E-state index contributed by atoms with van der Waals surface area (Å²) in [5.41, 5.74) is 6.74. The second kappa shape index (κ2) is 16.2. The number of hydrogen-bond acceptors (Lipinski definition) is 6. The fraction of sp³-hybridized carbons (Fsp3) is 0.0588. The summed E-state index contributed by atoms with van der Waals surface area (Å²) in [6, 6.07) is 39.0. The van der Waals surface area contributed by atoms with Crippen LogP contribution in [0.4, 0.5) is 22.7 Å². The Morgan fingerprint density at radius 1 is 0.489 bits per heavy atom. The molecule has 0 aliphatic rings. The van der Waals surface area contributed by atoms with E-state index >= 15 is 0 Å². The van der Waals surface area contributed by atoms with Crippen molar-refractivity contribution in [3.63, 3.8) is 0 Å². The molecule has 13 heteroatoms. The summed E-state index contributed by atoms with van der Waals surface area (Å²) in [6.07, 6.45) is 0. The van der Waals surface area contributed by atoms with E-state index in [1.165, 1.54) is 0 Å². The zero-order valence-electron chi connectivity index (χ0n) is 24.9. The van der Waals surface area contributed by atoms with Gasteiger partial charge >= 0.3 is 0 Å². The highest BCUT2D eigenvalue weighted by atomic mass is 35.5. The average Bonchev–Trinajstić information content (AvgIpc) is 3.01. The first-order valence-corrected chi connectivity index (χ1v) is 15.4. The molecule has 0 amide bonds. The molecular weight excluding hydrogens is 661 g/mol. The summed E-state index contributed by atoms with van der Waals surface area (Å²) in [5, 5.41) is 10.8. The fourth-order valence-corrected chi connectivity index (χ4v) is 6.28. The van der Waals surface area contributed by atoms with Gasteiger partial charge in [-0.25, -0.2) is 18.4 Å². The van der Waals surface area contributed by atoms with Gasteiger partial charge < -0.3 is 27.1 Å².